The smallest absolute Gasteiger partial charge is 0.127 e. The van der Waals surface area contributed by atoms with Crippen LogP contribution in [0.3, 0.4) is 0 Å². The van der Waals surface area contributed by atoms with Gasteiger partial charge in [-0.05, 0) is 24.6 Å². The number of hydrogen-bond acceptors (Lipinski definition) is 3. The first kappa shape index (κ1) is 13.0. The average molecular weight is 264 g/mol. The van der Waals surface area contributed by atoms with Gasteiger partial charge in [-0.1, -0.05) is 18.2 Å². The summed E-state index contributed by atoms with van der Waals surface area (Å²) < 4.78 is 19.4. The molecule has 0 amide bonds. The van der Waals surface area contributed by atoms with Crippen molar-refractivity contribution in [2.24, 2.45) is 0 Å². The SMILES string of the molecule is Fc1ccccc1C1(CCN2CCNCC2)COC1. The van der Waals surface area contributed by atoms with Gasteiger partial charge in [-0.3, -0.25) is 0 Å². The summed E-state index contributed by atoms with van der Waals surface area (Å²) in [6, 6.07) is 7.14. The number of ether oxygens (including phenoxy) is 1. The van der Waals surface area contributed by atoms with Crippen LogP contribution in [-0.2, 0) is 10.2 Å². The fourth-order valence-electron chi connectivity index (χ4n) is 2.98. The van der Waals surface area contributed by atoms with Crippen molar-refractivity contribution in [1.29, 1.82) is 0 Å². The molecule has 3 rings (SSSR count). The summed E-state index contributed by atoms with van der Waals surface area (Å²) in [5, 5.41) is 3.35. The van der Waals surface area contributed by atoms with Crippen LogP contribution in [0.1, 0.15) is 12.0 Å². The molecule has 1 aromatic carbocycles. The predicted octanol–water partition coefficient (Wildman–Crippen LogP) is 1.39. The van der Waals surface area contributed by atoms with Crippen molar-refractivity contribution in [2.45, 2.75) is 11.8 Å². The van der Waals surface area contributed by atoms with E-state index < -0.39 is 0 Å². The zero-order valence-corrected chi connectivity index (χ0v) is 11.2. The molecule has 3 nitrogen and oxygen atoms in total. The molecule has 0 aliphatic carbocycles. The summed E-state index contributed by atoms with van der Waals surface area (Å²) in [6.07, 6.45) is 0.980. The van der Waals surface area contributed by atoms with Gasteiger partial charge in [-0.15, -0.1) is 0 Å². The number of halogens is 1. The van der Waals surface area contributed by atoms with E-state index in [0.29, 0.717) is 13.2 Å². The van der Waals surface area contributed by atoms with Crippen molar-refractivity contribution in [1.82, 2.24) is 10.2 Å². The molecule has 104 valence electrons. The van der Waals surface area contributed by atoms with Gasteiger partial charge >= 0.3 is 0 Å². The van der Waals surface area contributed by atoms with Crippen molar-refractivity contribution in [3.8, 4) is 0 Å². The highest BCUT2D eigenvalue weighted by atomic mass is 19.1. The minimum absolute atomic E-state index is 0.0916. The molecule has 0 unspecified atom stereocenters. The fraction of sp³-hybridized carbons (Fsp3) is 0.600. The average Bonchev–Trinajstić information content (AvgIpc) is 2.41. The number of rotatable bonds is 4. The predicted molar refractivity (Wildman–Crippen MR) is 72.8 cm³/mol. The van der Waals surface area contributed by atoms with Gasteiger partial charge in [0.15, 0.2) is 0 Å². The summed E-state index contributed by atoms with van der Waals surface area (Å²) in [5.41, 5.74) is 0.729. The highest BCUT2D eigenvalue weighted by Gasteiger charge is 2.42. The standard InChI is InChI=1S/C15H21FN2O/c16-14-4-2-1-3-13(14)15(11-19-12-15)5-8-18-9-6-17-7-10-18/h1-4,17H,5-12H2. The fourth-order valence-corrected chi connectivity index (χ4v) is 2.98. The monoisotopic (exact) mass is 264 g/mol. The molecule has 2 fully saturated rings. The molecule has 1 N–H and O–H groups in total. The zero-order chi connectivity index (χ0) is 13.1. The second-order valence-electron chi connectivity index (χ2n) is 5.59. The van der Waals surface area contributed by atoms with Gasteiger partial charge in [-0.25, -0.2) is 4.39 Å². The van der Waals surface area contributed by atoms with Crippen LogP contribution in [0.2, 0.25) is 0 Å². The molecule has 0 bridgehead atoms. The first-order chi connectivity index (χ1) is 9.30. The number of nitrogens with one attached hydrogen (secondary N) is 1. The Morgan fingerprint density at radius 2 is 1.95 bits per heavy atom. The van der Waals surface area contributed by atoms with Crippen LogP contribution < -0.4 is 5.32 Å². The zero-order valence-electron chi connectivity index (χ0n) is 11.2. The first-order valence-electron chi connectivity index (χ1n) is 7.06. The van der Waals surface area contributed by atoms with Crippen LogP contribution in [0, 0.1) is 5.82 Å². The summed E-state index contributed by atoms with van der Waals surface area (Å²) in [4.78, 5) is 2.46. The summed E-state index contributed by atoms with van der Waals surface area (Å²) in [6.45, 7) is 6.63. The van der Waals surface area contributed by atoms with Gasteiger partial charge in [0.05, 0.1) is 13.2 Å². The highest BCUT2D eigenvalue weighted by molar-refractivity contribution is 5.29. The summed E-state index contributed by atoms with van der Waals surface area (Å²) >= 11 is 0. The normalized spacial score (nSPS) is 23.0. The van der Waals surface area contributed by atoms with Crippen LogP contribution in [0.25, 0.3) is 0 Å². The molecule has 0 radical (unpaired) electrons. The molecule has 0 atom stereocenters. The van der Waals surface area contributed by atoms with Crippen LogP contribution >= 0.6 is 0 Å². The molecule has 19 heavy (non-hydrogen) atoms. The Morgan fingerprint density at radius 3 is 2.58 bits per heavy atom. The Hall–Kier alpha value is -0.970. The maximum atomic E-state index is 14.0. The lowest BCUT2D eigenvalue weighted by Gasteiger charge is -2.43. The van der Waals surface area contributed by atoms with Crippen molar-refractivity contribution in [3.63, 3.8) is 0 Å². The molecule has 1 aromatic rings. The number of piperazine rings is 1. The number of nitrogens with zero attached hydrogens (tertiary/aromatic N) is 1. The van der Waals surface area contributed by atoms with Crippen molar-refractivity contribution in [3.05, 3.63) is 35.6 Å². The lowest BCUT2D eigenvalue weighted by atomic mass is 9.75. The van der Waals surface area contributed by atoms with Crippen LogP contribution in [0.5, 0.6) is 0 Å². The Kier molecular flexibility index (Phi) is 3.82. The van der Waals surface area contributed by atoms with Crippen molar-refractivity contribution < 1.29 is 9.13 Å². The topological polar surface area (TPSA) is 24.5 Å². The summed E-state index contributed by atoms with van der Waals surface area (Å²) in [7, 11) is 0. The van der Waals surface area contributed by atoms with E-state index in [2.05, 4.69) is 10.2 Å². The van der Waals surface area contributed by atoms with E-state index in [4.69, 9.17) is 4.74 Å². The molecular weight excluding hydrogens is 243 g/mol. The number of hydrogen-bond donors (Lipinski definition) is 1. The van der Waals surface area contributed by atoms with E-state index >= 15 is 0 Å². The second-order valence-corrected chi connectivity index (χ2v) is 5.59. The third-order valence-corrected chi connectivity index (χ3v) is 4.32. The van der Waals surface area contributed by atoms with Crippen molar-refractivity contribution in [2.75, 3.05) is 45.9 Å². The van der Waals surface area contributed by atoms with E-state index in [1.807, 2.05) is 12.1 Å². The maximum absolute atomic E-state index is 14.0. The molecule has 2 heterocycles. The van der Waals surface area contributed by atoms with E-state index in [1.165, 1.54) is 0 Å². The van der Waals surface area contributed by atoms with Gasteiger partial charge in [0.1, 0.15) is 5.82 Å². The van der Waals surface area contributed by atoms with Gasteiger partial charge in [0, 0.05) is 31.6 Å². The summed E-state index contributed by atoms with van der Waals surface area (Å²) in [5.74, 6) is -0.0916. The third-order valence-electron chi connectivity index (χ3n) is 4.32. The molecule has 4 heteroatoms. The molecule has 2 aliphatic heterocycles. The molecule has 2 saturated heterocycles. The lowest BCUT2D eigenvalue weighted by molar-refractivity contribution is -0.0694. The lowest BCUT2D eigenvalue weighted by Crippen LogP contribution is -2.51. The van der Waals surface area contributed by atoms with E-state index in [-0.39, 0.29) is 11.2 Å². The Morgan fingerprint density at radius 1 is 1.21 bits per heavy atom. The molecule has 0 spiro atoms. The van der Waals surface area contributed by atoms with Gasteiger partial charge in [0.25, 0.3) is 0 Å². The second kappa shape index (κ2) is 5.57. The minimum Gasteiger partial charge on any atom is -0.379 e. The molecule has 0 aromatic heterocycles. The van der Waals surface area contributed by atoms with Crippen molar-refractivity contribution >= 4 is 0 Å². The van der Waals surface area contributed by atoms with Gasteiger partial charge < -0.3 is 15.0 Å². The van der Waals surface area contributed by atoms with Crippen LogP contribution in [0.15, 0.2) is 24.3 Å². The van der Waals surface area contributed by atoms with E-state index in [0.717, 1.165) is 44.7 Å². The molecule has 2 aliphatic rings. The number of benzene rings is 1. The quantitative estimate of drug-likeness (QED) is 0.889. The maximum Gasteiger partial charge on any atom is 0.127 e. The molecular formula is C15H21FN2O. The van der Waals surface area contributed by atoms with E-state index in [1.54, 1.807) is 12.1 Å². The molecule has 0 saturated carbocycles. The third kappa shape index (κ3) is 2.66. The van der Waals surface area contributed by atoms with Gasteiger partial charge in [0.2, 0.25) is 0 Å². The van der Waals surface area contributed by atoms with Crippen LogP contribution in [0.4, 0.5) is 4.39 Å². The Balaban J connectivity index is 1.67. The minimum atomic E-state index is -0.101. The first-order valence-corrected chi connectivity index (χ1v) is 7.06. The van der Waals surface area contributed by atoms with E-state index in [9.17, 15) is 4.39 Å². The van der Waals surface area contributed by atoms with Gasteiger partial charge in [-0.2, -0.15) is 0 Å². The largest absolute Gasteiger partial charge is 0.379 e. The Bertz CT molecular complexity index is 428. The Labute approximate surface area is 113 Å². The highest BCUT2D eigenvalue weighted by Crippen LogP contribution is 2.37. The van der Waals surface area contributed by atoms with Crippen LogP contribution in [-0.4, -0.2) is 50.8 Å².